The predicted molar refractivity (Wildman–Crippen MR) is 84.0 cm³/mol. The molecule has 1 aromatic heterocycles. The van der Waals surface area contributed by atoms with Crippen LogP contribution < -0.4 is 4.90 Å². The van der Waals surface area contributed by atoms with Gasteiger partial charge in [0.2, 0.25) is 0 Å². The van der Waals surface area contributed by atoms with Crippen molar-refractivity contribution in [3.05, 3.63) is 52.6 Å². The molecule has 1 fully saturated rings. The van der Waals surface area contributed by atoms with Crippen molar-refractivity contribution in [1.29, 1.82) is 0 Å². The van der Waals surface area contributed by atoms with Gasteiger partial charge in [-0.15, -0.1) is 0 Å². The minimum atomic E-state index is -0.387. The number of benzene rings is 1. The van der Waals surface area contributed by atoms with Crippen LogP contribution in [0.5, 0.6) is 0 Å². The van der Waals surface area contributed by atoms with Crippen molar-refractivity contribution in [3.8, 4) is 11.3 Å². The van der Waals surface area contributed by atoms with Gasteiger partial charge < -0.3 is 9.64 Å². The van der Waals surface area contributed by atoms with Gasteiger partial charge in [0.05, 0.1) is 24.2 Å². The van der Waals surface area contributed by atoms with Gasteiger partial charge in [0, 0.05) is 18.2 Å². The summed E-state index contributed by atoms with van der Waals surface area (Å²) in [7, 11) is 0. The van der Waals surface area contributed by atoms with E-state index in [4.69, 9.17) is 4.74 Å². The zero-order valence-electron chi connectivity index (χ0n) is 12.3. The Balaban J connectivity index is 2.06. The summed E-state index contributed by atoms with van der Waals surface area (Å²) in [6, 6.07) is 12.7. The van der Waals surface area contributed by atoms with Crippen LogP contribution in [-0.2, 0) is 4.74 Å². The summed E-state index contributed by atoms with van der Waals surface area (Å²) < 4.78 is 5.43. The summed E-state index contributed by atoms with van der Waals surface area (Å²) >= 11 is 0. The molecule has 2 aromatic rings. The Bertz CT molecular complexity index is 676. The lowest BCUT2D eigenvalue weighted by molar-refractivity contribution is -0.384. The molecule has 1 saturated heterocycles. The van der Waals surface area contributed by atoms with E-state index in [2.05, 4.69) is 16.8 Å². The molecule has 0 N–H and O–H groups in total. The average molecular weight is 299 g/mol. The lowest BCUT2D eigenvalue weighted by Gasteiger charge is -2.34. The van der Waals surface area contributed by atoms with Gasteiger partial charge in [-0.25, -0.2) is 4.98 Å². The highest BCUT2D eigenvalue weighted by Crippen LogP contribution is 2.31. The molecule has 3 rings (SSSR count). The highest BCUT2D eigenvalue weighted by molar-refractivity contribution is 5.71. The summed E-state index contributed by atoms with van der Waals surface area (Å²) in [5, 5.41) is 11.3. The fraction of sp³-hybridized carbons (Fsp3) is 0.312. The van der Waals surface area contributed by atoms with Crippen LogP contribution in [0.1, 0.15) is 6.92 Å². The van der Waals surface area contributed by atoms with Gasteiger partial charge in [0.1, 0.15) is 5.82 Å². The first-order valence-electron chi connectivity index (χ1n) is 7.22. The molecule has 1 aliphatic heterocycles. The Labute approximate surface area is 128 Å². The van der Waals surface area contributed by atoms with E-state index >= 15 is 0 Å². The summed E-state index contributed by atoms with van der Waals surface area (Å²) in [6.07, 6.45) is 0. The lowest BCUT2D eigenvalue weighted by Crippen LogP contribution is -2.44. The molecule has 6 nitrogen and oxygen atoms in total. The standard InChI is InChI=1S/C16H17N3O3/c1-12-11-22-10-9-18(12)15-8-7-14(19(20)21)16(17-15)13-5-3-2-4-6-13/h2-8,12H,9-11H2,1H3. The van der Waals surface area contributed by atoms with Gasteiger partial charge in [-0.2, -0.15) is 0 Å². The van der Waals surface area contributed by atoms with E-state index in [0.29, 0.717) is 18.9 Å². The highest BCUT2D eigenvalue weighted by atomic mass is 16.6. The van der Waals surface area contributed by atoms with Gasteiger partial charge in [0.15, 0.2) is 5.69 Å². The van der Waals surface area contributed by atoms with Crippen LogP contribution in [0.25, 0.3) is 11.3 Å². The van der Waals surface area contributed by atoms with Crippen molar-refractivity contribution in [2.75, 3.05) is 24.7 Å². The Hall–Kier alpha value is -2.47. The molecule has 1 aromatic carbocycles. The first kappa shape index (κ1) is 14.5. The van der Waals surface area contributed by atoms with Crippen LogP contribution in [0, 0.1) is 10.1 Å². The molecule has 22 heavy (non-hydrogen) atoms. The second kappa shape index (κ2) is 6.11. The highest BCUT2D eigenvalue weighted by Gasteiger charge is 2.24. The van der Waals surface area contributed by atoms with Crippen molar-refractivity contribution in [2.45, 2.75) is 13.0 Å². The van der Waals surface area contributed by atoms with Crippen molar-refractivity contribution in [1.82, 2.24) is 4.98 Å². The maximum Gasteiger partial charge on any atom is 0.295 e. The van der Waals surface area contributed by atoms with Crippen molar-refractivity contribution in [2.24, 2.45) is 0 Å². The molecule has 6 heteroatoms. The summed E-state index contributed by atoms with van der Waals surface area (Å²) in [4.78, 5) is 17.6. The molecule has 1 atom stereocenters. The molecule has 114 valence electrons. The molecule has 0 aliphatic carbocycles. The third-order valence-electron chi connectivity index (χ3n) is 3.77. The largest absolute Gasteiger partial charge is 0.377 e. The van der Waals surface area contributed by atoms with Gasteiger partial charge in [-0.3, -0.25) is 10.1 Å². The fourth-order valence-electron chi connectivity index (χ4n) is 2.62. The van der Waals surface area contributed by atoms with E-state index in [1.54, 1.807) is 6.07 Å². The number of pyridine rings is 1. The number of nitrogens with zero attached hydrogens (tertiary/aromatic N) is 3. The zero-order valence-corrected chi connectivity index (χ0v) is 12.3. The van der Waals surface area contributed by atoms with Gasteiger partial charge >= 0.3 is 0 Å². The van der Waals surface area contributed by atoms with E-state index < -0.39 is 0 Å². The van der Waals surface area contributed by atoms with Crippen LogP contribution in [-0.4, -0.2) is 35.7 Å². The Morgan fingerprint density at radius 2 is 2.05 bits per heavy atom. The first-order valence-corrected chi connectivity index (χ1v) is 7.22. The lowest BCUT2D eigenvalue weighted by atomic mass is 10.1. The van der Waals surface area contributed by atoms with Gasteiger partial charge in [-0.05, 0) is 13.0 Å². The summed E-state index contributed by atoms with van der Waals surface area (Å²) in [5.74, 6) is 0.750. The molecule has 1 aliphatic rings. The number of hydrogen-bond acceptors (Lipinski definition) is 5. The average Bonchev–Trinajstić information content (AvgIpc) is 2.55. The van der Waals surface area contributed by atoms with Crippen LogP contribution >= 0.6 is 0 Å². The normalized spacial score (nSPS) is 18.2. The molecule has 0 bridgehead atoms. The topological polar surface area (TPSA) is 68.5 Å². The first-order chi connectivity index (χ1) is 10.7. The molecule has 0 saturated carbocycles. The minimum Gasteiger partial charge on any atom is -0.377 e. The van der Waals surface area contributed by atoms with E-state index in [-0.39, 0.29) is 16.7 Å². The fourth-order valence-corrected chi connectivity index (χ4v) is 2.62. The van der Waals surface area contributed by atoms with Crippen LogP contribution in [0.3, 0.4) is 0 Å². The van der Waals surface area contributed by atoms with Gasteiger partial charge in [-0.1, -0.05) is 30.3 Å². The van der Waals surface area contributed by atoms with Gasteiger partial charge in [0.25, 0.3) is 5.69 Å². The second-order valence-electron chi connectivity index (χ2n) is 5.28. The predicted octanol–water partition coefficient (Wildman–Crippen LogP) is 2.88. The number of aromatic nitrogens is 1. The number of anilines is 1. The molecule has 1 unspecified atom stereocenters. The smallest absolute Gasteiger partial charge is 0.295 e. The summed E-state index contributed by atoms with van der Waals surface area (Å²) in [5.41, 5.74) is 1.18. The summed E-state index contributed by atoms with van der Waals surface area (Å²) in [6.45, 7) is 4.08. The van der Waals surface area contributed by atoms with Crippen molar-refractivity contribution in [3.63, 3.8) is 0 Å². The third-order valence-corrected chi connectivity index (χ3v) is 3.77. The van der Waals surface area contributed by atoms with E-state index in [1.165, 1.54) is 6.07 Å². The molecule has 0 spiro atoms. The monoisotopic (exact) mass is 299 g/mol. The molecule has 2 heterocycles. The maximum absolute atomic E-state index is 11.3. The number of hydrogen-bond donors (Lipinski definition) is 0. The number of rotatable bonds is 3. The van der Waals surface area contributed by atoms with E-state index in [0.717, 1.165) is 17.9 Å². The Kier molecular flexibility index (Phi) is 4.02. The minimum absolute atomic E-state index is 0.0239. The SMILES string of the molecule is CC1COCCN1c1ccc([N+](=O)[O-])c(-c2ccccc2)n1. The van der Waals surface area contributed by atoms with Crippen molar-refractivity contribution < 1.29 is 9.66 Å². The molecule has 0 amide bonds. The quantitative estimate of drug-likeness (QED) is 0.644. The maximum atomic E-state index is 11.3. The zero-order chi connectivity index (χ0) is 15.5. The Morgan fingerprint density at radius 1 is 1.27 bits per heavy atom. The van der Waals surface area contributed by atoms with E-state index in [1.807, 2.05) is 30.3 Å². The number of morpholine rings is 1. The van der Waals surface area contributed by atoms with E-state index in [9.17, 15) is 10.1 Å². The molecular formula is C16H17N3O3. The number of nitro groups is 1. The third kappa shape index (κ3) is 2.78. The van der Waals surface area contributed by atoms with Crippen LogP contribution in [0.4, 0.5) is 11.5 Å². The van der Waals surface area contributed by atoms with Crippen LogP contribution in [0.15, 0.2) is 42.5 Å². The molecular weight excluding hydrogens is 282 g/mol. The van der Waals surface area contributed by atoms with Crippen LogP contribution in [0.2, 0.25) is 0 Å². The molecule has 0 radical (unpaired) electrons. The Morgan fingerprint density at radius 3 is 2.73 bits per heavy atom. The van der Waals surface area contributed by atoms with Crippen molar-refractivity contribution >= 4 is 11.5 Å². The second-order valence-corrected chi connectivity index (χ2v) is 5.28. The number of ether oxygens (including phenoxy) is 1.